The summed E-state index contributed by atoms with van der Waals surface area (Å²) in [6.45, 7) is 1.10. The number of nitrogens with zero attached hydrogens (tertiary/aromatic N) is 4. The molecular weight excluding hydrogens is 550 g/mol. The molecule has 2 aromatic heterocycles. The maximum Gasteiger partial charge on any atom is 0.163 e. The summed E-state index contributed by atoms with van der Waals surface area (Å²) in [5.74, 6) is 1.90. The molecule has 0 fully saturated rings. The number of benzene rings is 2. The van der Waals surface area contributed by atoms with E-state index in [2.05, 4.69) is 20.6 Å². The third-order valence-corrected chi connectivity index (χ3v) is 6.09. The zero-order chi connectivity index (χ0) is 28.4. The molecule has 0 unspecified atom stereocenters. The molecule has 2 aromatic carbocycles. The SMILES string of the molecule is O=C/C(=C\C=C/Nc1ccc2c(c1)OCCO2)COc1cc(OCc2cncc(-n3ccnn3)c2)c(C=O)cc1Cl. The zero-order valence-electron chi connectivity index (χ0n) is 21.6. The van der Waals surface area contributed by atoms with Crippen LogP contribution in [-0.4, -0.2) is 52.4 Å². The van der Waals surface area contributed by atoms with E-state index in [1.807, 2.05) is 24.3 Å². The van der Waals surface area contributed by atoms with Crippen molar-refractivity contribution in [2.75, 3.05) is 25.1 Å². The van der Waals surface area contributed by atoms with Gasteiger partial charge in [-0.1, -0.05) is 22.9 Å². The summed E-state index contributed by atoms with van der Waals surface area (Å²) in [5, 5.41) is 11.1. The largest absolute Gasteiger partial charge is 0.488 e. The second-order valence-corrected chi connectivity index (χ2v) is 9.04. The number of aldehydes is 2. The Hall–Kier alpha value is -5.16. The number of carbonyl (C=O) groups excluding carboxylic acids is 2. The van der Waals surface area contributed by atoms with Crippen LogP contribution in [0.1, 0.15) is 15.9 Å². The Morgan fingerprint density at radius 3 is 2.73 bits per heavy atom. The van der Waals surface area contributed by atoms with Crippen molar-refractivity contribution in [3.63, 3.8) is 0 Å². The molecule has 0 amide bonds. The fraction of sp³-hybridized carbons (Fsp3) is 0.138. The highest BCUT2D eigenvalue weighted by molar-refractivity contribution is 6.32. The molecule has 0 saturated carbocycles. The first-order valence-electron chi connectivity index (χ1n) is 12.4. The molecule has 1 N–H and O–H groups in total. The number of fused-ring (bicyclic) bond motifs is 1. The van der Waals surface area contributed by atoms with Crippen LogP contribution in [0, 0.1) is 0 Å². The van der Waals surface area contributed by atoms with Gasteiger partial charge in [0.15, 0.2) is 17.8 Å². The molecule has 1 aliphatic rings. The molecule has 0 aliphatic carbocycles. The van der Waals surface area contributed by atoms with E-state index in [0.717, 1.165) is 11.3 Å². The highest BCUT2D eigenvalue weighted by Gasteiger charge is 2.13. The van der Waals surface area contributed by atoms with Gasteiger partial charge in [0.2, 0.25) is 0 Å². The normalized spacial score (nSPS) is 12.7. The molecule has 0 bridgehead atoms. The molecule has 11 nitrogen and oxygen atoms in total. The summed E-state index contributed by atoms with van der Waals surface area (Å²) in [6.07, 6.45) is 12.9. The number of ether oxygens (including phenoxy) is 4. The average molecular weight is 574 g/mol. The van der Waals surface area contributed by atoms with Crippen molar-refractivity contribution in [2.45, 2.75) is 6.61 Å². The third-order valence-electron chi connectivity index (χ3n) is 5.80. The molecule has 12 heteroatoms. The highest BCUT2D eigenvalue weighted by atomic mass is 35.5. The molecular formula is C29H24ClN5O6. The lowest BCUT2D eigenvalue weighted by Crippen LogP contribution is -2.15. The minimum Gasteiger partial charge on any atom is -0.488 e. The summed E-state index contributed by atoms with van der Waals surface area (Å²) in [4.78, 5) is 27.5. The number of carbonyl (C=O) groups is 2. The predicted molar refractivity (Wildman–Crippen MR) is 150 cm³/mol. The monoisotopic (exact) mass is 573 g/mol. The molecule has 3 heterocycles. The Morgan fingerprint density at radius 2 is 1.93 bits per heavy atom. The molecule has 208 valence electrons. The third kappa shape index (κ3) is 7.08. The minimum absolute atomic E-state index is 0.0542. The van der Waals surface area contributed by atoms with E-state index in [1.54, 1.807) is 47.8 Å². The highest BCUT2D eigenvalue weighted by Crippen LogP contribution is 2.34. The van der Waals surface area contributed by atoms with Gasteiger partial charge in [-0.25, -0.2) is 4.68 Å². The zero-order valence-corrected chi connectivity index (χ0v) is 22.4. The van der Waals surface area contributed by atoms with Gasteiger partial charge in [0.25, 0.3) is 0 Å². The average Bonchev–Trinajstić information content (AvgIpc) is 3.56. The molecule has 4 aromatic rings. The van der Waals surface area contributed by atoms with Crippen LogP contribution in [0.4, 0.5) is 5.69 Å². The molecule has 0 atom stereocenters. The van der Waals surface area contributed by atoms with Gasteiger partial charge in [-0.15, -0.1) is 5.10 Å². The summed E-state index contributed by atoms with van der Waals surface area (Å²) in [7, 11) is 0. The van der Waals surface area contributed by atoms with E-state index in [9.17, 15) is 9.59 Å². The summed E-state index contributed by atoms with van der Waals surface area (Å²) < 4.78 is 24.3. The van der Waals surface area contributed by atoms with Gasteiger partial charge in [-0.3, -0.25) is 14.6 Å². The molecule has 0 radical (unpaired) electrons. The predicted octanol–water partition coefficient (Wildman–Crippen LogP) is 4.61. The van der Waals surface area contributed by atoms with E-state index in [4.69, 9.17) is 30.5 Å². The van der Waals surface area contributed by atoms with Crippen LogP contribution in [0.2, 0.25) is 5.02 Å². The Balaban J connectivity index is 1.21. The van der Waals surface area contributed by atoms with Crippen molar-refractivity contribution in [3.8, 4) is 28.7 Å². The van der Waals surface area contributed by atoms with E-state index in [0.29, 0.717) is 48.5 Å². The van der Waals surface area contributed by atoms with Crippen LogP contribution in [0.25, 0.3) is 5.69 Å². The lowest BCUT2D eigenvalue weighted by atomic mass is 10.2. The van der Waals surface area contributed by atoms with Crippen LogP contribution in [-0.2, 0) is 11.4 Å². The van der Waals surface area contributed by atoms with Gasteiger partial charge >= 0.3 is 0 Å². The molecule has 0 saturated heterocycles. The Morgan fingerprint density at radius 1 is 1.05 bits per heavy atom. The first-order chi connectivity index (χ1) is 20.1. The first kappa shape index (κ1) is 27.4. The van der Waals surface area contributed by atoms with Gasteiger partial charge in [0, 0.05) is 41.4 Å². The second-order valence-electron chi connectivity index (χ2n) is 8.64. The van der Waals surface area contributed by atoms with Gasteiger partial charge in [0.1, 0.15) is 44.2 Å². The topological polar surface area (TPSA) is 127 Å². The Bertz CT molecular complexity index is 1590. The molecule has 5 rings (SSSR count). The van der Waals surface area contributed by atoms with Crippen LogP contribution >= 0.6 is 11.6 Å². The number of allylic oxidation sites excluding steroid dienone is 2. The van der Waals surface area contributed by atoms with E-state index in [-0.39, 0.29) is 35.3 Å². The standard InChI is InChI=1S/C29H24ClN5O6/c30-25-11-22(17-37)27(40-19-21-10-24(15-31-14-21)35-7-6-33-34-35)13-28(25)41-18-20(16-36)2-1-5-32-23-3-4-26-29(12-23)39-9-8-38-26/h1-7,10-17,32H,8-9,18-19H2/b5-1-,20-2+. The minimum atomic E-state index is -0.0542. The van der Waals surface area contributed by atoms with Crippen molar-refractivity contribution in [2.24, 2.45) is 0 Å². The van der Waals surface area contributed by atoms with Crippen LogP contribution < -0.4 is 24.3 Å². The smallest absolute Gasteiger partial charge is 0.163 e. The Labute approximate surface area is 240 Å². The number of pyridine rings is 1. The van der Waals surface area contributed by atoms with Crippen LogP contribution in [0.5, 0.6) is 23.0 Å². The van der Waals surface area contributed by atoms with Crippen molar-refractivity contribution in [1.29, 1.82) is 0 Å². The van der Waals surface area contributed by atoms with Crippen LogP contribution in [0.3, 0.4) is 0 Å². The second kappa shape index (κ2) is 13.3. The number of aromatic nitrogens is 4. The van der Waals surface area contributed by atoms with E-state index >= 15 is 0 Å². The van der Waals surface area contributed by atoms with Crippen molar-refractivity contribution < 1.29 is 28.5 Å². The van der Waals surface area contributed by atoms with Crippen molar-refractivity contribution in [3.05, 3.63) is 101 Å². The number of nitrogens with one attached hydrogen (secondary N) is 1. The summed E-state index contributed by atoms with van der Waals surface area (Å²) >= 11 is 6.33. The summed E-state index contributed by atoms with van der Waals surface area (Å²) in [6, 6.07) is 10.3. The van der Waals surface area contributed by atoms with Crippen LogP contribution in [0.15, 0.2) is 85.1 Å². The number of rotatable bonds is 12. The van der Waals surface area contributed by atoms with E-state index < -0.39 is 0 Å². The number of hydrogen-bond acceptors (Lipinski definition) is 10. The maximum absolute atomic E-state index is 11.7. The molecule has 1 aliphatic heterocycles. The van der Waals surface area contributed by atoms with Gasteiger partial charge in [-0.05, 0) is 30.3 Å². The Kier molecular flexibility index (Phi) is 8.87. The van der Waals surface area contributed by atoms with Gasteiger partial charge < -0.3 is 24.3 Å². The quantitative estimate of drug-likeness (QED) is 0.146. The van der Waals surface area contributed by atoms with Gasteiger partial charge in [0.05, 0.1) is 34.9 Å². The lowest BCUT2D eigenvalue weighted by molar-refractivity contribution is -0.105. The van der Waals surface area contributed by atoms with E-state index in [1.165, 1.54) is 12.1 Å². The fourth-order valence-electron chi connectivity index (χ4n) is 3.79. The molecule has 41 heavy (non-hydrogen) atoms. The van der Waals surface area contributed by atoms with Crippen molar-refractivity contribution in [1.82, 2.24) is 20.0 Å². The number of hydrogen-bond donors (Lipinski definition) is 1. The number of halogens is 1. The first-order valence-corrected chi connectivity index (χ1v) is 12.8. The van der Waals surface area contributed by atoms with Crippen molar-refractivity contribution >= 4 is 29.9 Å². The lowest BCUT2D eigenvalue weighted by Gasteiger charge is -2.18. The fourth-order valence-corrected chi connectivity index (χ4v) is 4.02. The maximum atomic E-state index is 11.7. The molecule has 0 spiro atoms. The van der Waals surface area contributed by atoms with Gasteiger partial charge in [-0.2, -0.15) is 0 Å². The number of anilines is 1. The summed E-state index contributed by atoms with van der Waals surface area (Å²) in [5.41, 5.74) is 2.87.